The SMILES string of the molecule is O=C(NCC1CC2c3ccccc3C1c1ccccc12)c1cc2ccccc2oc1=O. The largest absolute Gasteiger partial charge is 0.422 e. The van der Waals surface area contributed by atoms with Crippen molar-refractivity contribution in [1.29, 1.82) is 0 Å². The number of rotatable bonds is 3. The van der Waals surface area contributed by atoms with E-state index in [9.17, 15) is 9.59 Å². The summed E-state index contributed by atoms with van der Waals surface area (Å²) >= 11 is 0. The summed E-state index contributed by atoms with van der Waals surface area (Å²) in [6, 6.07) is 26.2. The zero-order valence-corrected chi connectivity index (χ0v) is 16.9. The van der Waals surface area contributed by atoms with Gasteiger partial charge in [0.15, 0.2) is 0 Å². The van der Waals surface area contributed by atoms with E-state index in [1.807, 2.05) is 12.1 Å². The molecule has 0 radical (unpaired) electrons. The van der Waals surface area contributed by atoms with Gasteiger partial charge in [0.2, 0.25) is 0 Å². The van der Waals surface area contributed by atoms with Gasteiger partial charge in [0.05, 0.1) is 0 Å². The Morgan fingerprint density at radius 1 is 0.871 bits per heavy atom. The topological polar surface area (TPSA) is 59.3 Å². The number of carbonyl (C=O) groups is 1. The molecule has 4 nitrogen and oxygen atoms in total. The van der Waals surface area contributed by atoms with E-state index < -0.39 is 5.63 Å². The minimum Gasteiger partial charge on any atom is -0.422 e. The Kier molecular flexibility index (Phi) is 4.06. The summed E-state index contributed by atoms with van der Waals surface area (Å²) in [6.45, 7) is 0.523. The Bertz CT molecular complexity index is 1340. The van der Waals surface area contributed by atoms with E-state index in [-0.39, 0.29) is 23.3 Å². The van der Waals surface area contributed by atoms with Gasteiger partial charge in [0.25, 0.3) is 5.91 Å². The van der Waals surface area contributed by atoms with Gasteiger partial charge in [-0.05, 0) is 46.7 Å². The van der Waals surface area contributed by atoms with Crippen LogP contribution in [0.25, 0.3) is 11.0 Å². The number of benzene rings is 3. The lowest BCUT2D eigenvalue weighted by molar-refractivity contribution is 0.0939. The van der Waals surface area contributed by atoms with E-state index in [1.165, 1.54) is 22.3 Å². The van der Waals surface area contributed by atoms with Crippen molar-refractivity contribution in [2.24, 2.45) is 5.92 Å². The molecular formula is C27H21NO3. The molecular weight excluding hydrogens is 386 g/mol. The lowest BCUT2D eigenvalue weighted by Crippen LogP contribution is -2.40. The van der Waals surface area contributed by atoms with Crippen LogP contribution in [0, 0.1) is 5.92 Å². The van der Waals surface area contributed by atoms with Crippen LogP contribution >= 0.6 is 0 Å². The summed E-state index contributed by atoms with van der Waals surface area (Å²) in [4.78, 5) is 25.2. The monoisotopic (exact) mass is 407 g/mol. The summed E-state index contributed by atoms with van der Waals surface area (Å²) in [7, 11) is 0. The molecule has 3 aromatic carbocycles. The first-order chi connectivity index (χ1) is 15.2. The van der Waals surface area contributed by atoms with Crippen LogP contribution in [0.2, 0.25) is 0 Å². The molecule has 0 saturated heterocycles. The third kappa shape index (κ3) is 2.82. The maximum absolute atomic E-state index is 12.9. The van der Waals surface area contributed by atoms with Crippen LogP contribution in [-0.4, -0.2) is 12.5 Å². The van der Waals surface area contributed by atoms with Crippen molar-refractivity contribution in [3.05, 3.63) is 117 Å². The molecule has 4 aromatic rings. The molecule has 152 valence electrons. The van der Waals surface area contributed by atoms with E-state index in [1.54, 1.807) is 18.2 Å². The van der Waals surface area contributed by atoms with Crippen molar-refractivity contribution in [1.82, 2.24) is 5.32 Å². The minimum atomic E-state index is -0.600. The normalized spacial score (nSPS) is 20.8. The smallest absolute Gasteiger partial charge is 0.349 e. The number of nitrogens with one attached hydrogen (secondary N) is 1. The second-order valence-corrected chi connectivity index (χ2v) is 8.48. The number of hydrogen-bond donors (Lipinski definition) is 1. The Morgan fingerprint density at radius 3 is 2.19 bits per heavy atom. The molecule has 3 aliphatic rings. The van der Waals surface area contributed by atoms with Gasteiger partial charge in [-0.1, -0.05) is 66.7 Å². The first-order valence-corrected chi connectivity index (χ1v) is 10.7. The number of para-hydroxylation sites is 1. The molecule has 1 atom stereocenters. The second kappa shape index (κ2) is 6.95. The standard InChI is InChI=1S/C27H21NO3/c29-26(23-13-16-7-1-6-12-24(16)31-27(23)30)28-15-17-14-22-18-8-2-4-10-20(18)25(17)21-11-5-3-9-19(21)22/h1-13,17,22,25H,14-15H2,(H,28,29). The fourth-order valence-corrected chi connectivity index (χ4v) is 5.50. The van der Waals surface area contributed by atoms with Crippen molar-refractivity contribution in [3.63, 3.8) is 0 Å². The molecule has 0 saturated carbocycles. The van der Waals surface area contributed by atoms with Crippen LogP contribution < -0.4 is 10.9 Å². The van der Waals surface area contributed by atoms with E-state index >= 15 is 0 Å². The Morgan fingerprint density at radius 2 is 1.48 bits per heavy atom. The minimum absolute atomic E-state index is 0.0560. The molecule has 1 aromatic heterocycles. The van der Waals surface area contributed by atoms with Crippen LogP contribution in [0.4, 0.5) is 0 Å². The number of hydrogen-bond acceptors (Lipinski definition) is 3. The van der Waals surface area contributed by atoms with Crippen molar-refractivity contribution in [3.8, 4) is 0 Å². The molecule has 0 spiro atoms. The molecule has 1 N–H and O–H groups in total. The van der Waals surface area contributed by atoms with E-state index in [0.717, 1.165) is 11.8 Å². The lowest BCUT2D eigenvalue weighted by atomic mass is 9.59. The van der Waals surface area contributed by atoms with Crippen molar-refractivity contribution >= 4 is 16.9 Å². The van der Waals surface area contributed by atoms with Crippen LogP contribution in [0.3, 0.4) is 0 Å². The molecule has 1 amide bonds. The van der Waals surface area contributed by atoms with Crippen LogP contribution in [0.1, 0.15) is 50.9 Å². The zero-order valence-electron chi connectivity index (χ0n) is 16.9. The average Bonchev–Trinajstić information content (AvgIpc) is 2.82. The first kappa shape index (κ1) is 18.1. The predicted octanol–water partition coefficient (Wildman–Crippen LogP) is 4.82. The Balaban J connectivity index is 1.30. The van der Waals surface area contributed by atoms with Crippen molar-refractivity contribution < 1.29 is 9.21 Å². The highest BCUT2D eigenvalue weighted by atomic mass is 16.4. The van der Waals surface area contributed by atoms with E-state index in [4.69, 9.17) is 4.42 Å². The highest BCUT2D eigenvalue weighted by molar-refractivity contribution is 5.96. The van der Waals surface area contributed by atoms with Crippen molar-refractivity contribution in [2.45, 2.75) is 18.3 Å². The highest BCUT2D eigenvalue weighted by Crippen LogP contribution is 2.55. The molecule has 1 unspecified atom stereocenters. The summed E-state index contributed by atoms with van der Waals surface area (Å²) in [5.74, 6) is 0.518. The van der Waals surface area contributed by atoms with Crippen LogP contribution in [0.15, 0.2) is 88.1 Å². The van der Waals surface area contributed by atoms with Gasteiger partial charge >= 0.3 is 5.63 Å². The van der Waals surface area contributed by atoms with Crippen LogP contribution in [-0.2, 0) is 0 Å². The first-order valence-electron chi connectivity index (χ1n) is 10.7. The number of carbonyl (C=O) groups excluding carboxylic acids is 1. The van der Waals surface area contributed by atoms with Gasteiger partial charge in [0, 0.05) is 23.8 Å². The Labute approximate surface area is 179 Å². The van der Waals surface area contributed by atoms with Gasteiger partial charge in [-0.3, -0.25) is 4.79 Å². The molecule has 0 fully saturated rings. The van der Waals surface area contributed by atoms with Gasteiger partial charge in [-0.25, -0.2) is 4.79 Å². The molecule has 7 rings (SSSR count). The van der Waals surface area contributed by atoms with Gasteiger partial charge in [0.1, 0.15) is 11.1 Å². The van der Waals surface area contributed by atoms with Gasteiger partial charge < -0.3 is 9.73 Å². The third-order valence-electron chi connectivity index (χ3n) is 6.83. The summed E-state index contributed by atoms with van der Waals surface area (Å²) in [5.41, 5.74) is 5.48. The summed E-state index contributed by atoms with van der Waals surface area (Å²) in [5, 5.41) is 3.76. The maximum atomic E-state index is 12.9. The number of fused-ring (bicyclic) bond motifs is 2. The van der Waals surface area contributed by atoms with Crippen molar-refractivity contribution in [2.75, 3.05) is 6.54 Å². The lowest BCUT2D eigenvalue weighted by Gasteiger charge is -2.45. The molecule has 3 aliphatic carbocycles. The number of amides is 1. The fraction of sp³-hybridized carbons (Fsp3) is 0.185. The molecule has 2 bridgehead atoms. The predicted molar refractivity (Wildman–Crippen MR) is 119 cm³/mol. The molecule has 0 aliphatic heterocycles. The van der Waals surface area contributed by atoms with Gasteiger partial charge in [-0.2, -0.15) is 0 Å². The molecule has 1 heterocycles. The van der Waals surface area contributed by atoms with E-state index in [0.29, 0.717) is 18.0 Å². The quantitative estimate of drug-likeness (QED) is 0.496. The maximum Gasteiger partial charge on any atom is 0.349 e. The third-order valence-corrected chi connectivity index (χ3v) is 6.83. The van der Waals surface area contributed by atoms with Crippen LogP contribution in [0.5, 0.6) is 0 Å². The van der Waals surface area contributed by atoms with Gasteiger partial charge in [-0.15, -0.1) is 0 Å². The highest BCUT2D eigenvalue weighted by Gasteiger charge is 2.42. The molecule has 4 heteroatoms. The Hall–Kier alpha value is -3.66. The summed E-state index contributed by atoms with van der Waals surface area (Å²) in [6.07, 6.45) is 0.991. The second-order valence-electron chi connectivity index (χ2n) is 8.48. The van der Waals surface area contributed by atoms with E-state index in [2.05, 4.69) is 53.8 Å². The summed E-state index contributed by atoms with van der Waals surface area (Å²) < 4.78 is 5.33. The zero-order chi connectivity index (χ0) is 20.9. The average molecular weight is 407 g/mol. The fourth-order valence-electron chi connectivity index (χ4n) is 5.50. The molecule has 31 heavy (non-hydrogen) atoms.